The zero-order valence-corrected chi connectivity index (χ0v) is 12.7. The zero-order chi connectivity index (χ0) is 14.1. The average Bonchev–Trinajstić information content (AvgIpc) is 2.65. The summed E-state index contributed by atoms with van der Waals surface area (Å²) in [6.07, 6.45) is 1.07. The Morgan fingerprint density at radius 1 is 1.35 bits per heavy atom. The van der Waals surface area contributed by atoms with Crippen LogP contribution in [0.25, 0.3) is 0 Å². The van der Waals surface area contributed by atoms with Crippen LogP contribution in [0.4, 0.5) is 0 Å². The van der Waals surface area contributed by atoms with Gasteiger partial charge in [-0.25, -0.2) is 4.79 Å². The normalized spacial score (nSPS) is 18.4. The van der Waals surface area contributed by atoms with E-state index in [0.717, 1.165) is 10.5 Å². The number of thioether (sulfide) groups is 1. The molecule has 0 saturated carbocycles. The Morgan fingerprint density at radius 3 is 3.00 bits per heavy atom. The van der Waals surface area contributed by atoms with Crippen LogP contribution in [0.2, 0.25) is 0 Å². The fourth-order valence-electron chi connectivity index (χ4n) is 1.99. The van der Waals surface area contributed by atoms with Crippen molar-refractivity contribution < 1.29 is 4.74 Å². The Hall–Kier alpha value is -1.31. The molecule has 5 nitrogen and oxygen atoms in total. The van der Waals surface area contributed by atoms with E-state index in [1.807, 2.05) is 24.3 Å². The molecule has 3 rings (SSSR count). The SMILES string of the molecule is O=c1[nH]c(=O)n(C2CSc3ccccc3CO2)cc1Br. The Labute approximate surface area is 127 Å². The van der Waals surface area contributed by atoms with Crippen molar-refractivity contribution in [3.63, 3.8) is 0 Å². The topological polar surface area (TPSA) is 64.1 Å². The second-order valence-corrected chi connectivity index (χ2v) is 6.24. The summed E-state index contributed by atoms with van der Waals surface area (Å²) in [4.78, 5) is 26.7. The Balaban J connectivity index is 1.93. The lowest BCUT2D eigenvalue weighted by Gasteiger charge is -2.17. The molecule has 0 amide bonds. The molecule has 1 N–H and O–H groups in total. The number of nitrogens with one attached hydrogen (secondary N) is 1. The molecule has 1 aromatic carbocycles. The van der Waals surface area contributed by atoms with Crippen LogP contribution in [-0.2, 0) is 11.3 Å². The maximum Gasteiger partial charge on any atom is 0.330 e. The van der Waals surface area contributed by atoms with Gasteiger partial charge in [-0.3, -0.25) is 14.3 Å². The predicted octanol–water partition coefficient (Wildman–Crippen LogP) is 2.12. The van der Waals surface area contributed by atoms with Crippen LogP contribution in [0, 0.1) is 0 Å². The summed E-state index contributed by atoms with van der Waals surface area (Å²) in [5, 5.41) is 0. The molecular weight excluding hydrogens is 344 g/mol. The molecule has 0 fully saturated rings. The maximum absolute atomic E-state index is 11.9. The average molecular weight is 355 g/mol. The van der Waals surface area contributed by atoms with Crippen molar-refractivity contribution >= 4 is 27.7 Å². The highest BCUT2D eigenvalue weighted by molar-refractivity contribution is 9.10. The van der Waals surface area contributed by atoms with E-state index in [0.29, 0.717) is 16.8 Å². The highest BCUT2D eigenvalue weighted by Gasteiger charge is 2.20. The van der Waals surface area contributed by atoms with Crippen LogP contribution >= 0.6 is 27.7 Å². The Kier molecular flexibility index (Phi) is 3.82. The molecule has 0 spiro atoms. The first kappa shape index (κ1) is 13.7. The van der Waals surface area contributed by atoms with Gasteiger partial charge < -0.3 is 4.74 Å². The number of fused-ring (bicyclic) bond motifs is 1. The van der Waals surface area contributed by atoms with E-state index < -0.39 is 17.5 Å². The molecular formula is C13H11BrN2O3S. The van der Waals surface area contributed by atoms with Crippen LogP contribution in [0.15, 0.2) is 49.4 Å². The van der Waals surface area contributed by atoms with E-state index >= 15 is 0 Å². The number of halogens is 1. The van der Waals surface area contributed by atoms with E-state index in [2.05, 4.69) is 20.9 Å². The molecule has 0 saturated heterocycles. The van der Waals surface area contributed by atoms with Gasteiger partial charge in [0.25, 0.3) is 5.56 Å². The van der Waals surface area contributed by atoms with Gasteiger partial charge in [0.2, 0.25) is 0 Å². The van der Waals surface area contributed by atoms with Crippen molar-refractivity contribution in [1.29, 1.82) is 0 Å². The molecule has 0 aliphatic carbocycles. The minimum atomic E-state index is -0.463. The number of aromatic nitrogens is 2. The van der Waals surface area contributed by atoms with Gasteiger partial charge in [0.15, 0.2) is 0 Å². The van der Waals surface area contributed by atoms with E-state index in [-0.39, 0.29) is 0 Å². The summed E-state index contributed by atoms with van der Waals surface area (Å²) < 4.78 is 7.51. The standard InChI is InChI=1S/C13H11BrN2O3S/c14-9-5-16(13(18)15-12(9)17)11-7-20-10-4-2-1-3-8(10)6-19-11/h1-5,11H,6-7H2,(H,15,17,18). The fourth-order valence-corrected chi connectivity index (χ4v) is 3.38. The summed E-state index contributed by atoms with van der Waals surface area (Å²) in [5.74, 6) is 0.607. The number of nitrogens with zero attached hydrogens (tertiary/aromatic N) is 1. The number of aromatic amines is 1. The Morgan fingerprint density at radius 2 is 2.15 bits per heavy atom. The summed E-state index contributed by atoms with van der Waals surface area (Å²) in [6, 6.07) is 7.99. The van der Waals surface area contributed by atoms with Crippen LogP contribution in [0.3, 0.4) is 0 Å². The maximum atomic E-state index is 11.9. The first-order valence-electron chi connectivity index (χ1n) is 5.98. The molecule has 2 heterocycles. The lowest BCUT2D eigenvalue weighted by Crippen LogP contribution is -2.34. The second kappa shape index (κ2) is 5.59. The number of benzene rings is 1. The van der Waals surface area contributed by atoms with Crippen molar-refractivity contribution in [3.05, 3.63) is 61.3 Å². The van der Waals surface area contributed by atoms with Crippen LogP contribution in [0.5, 0.6) is 0 Å². The minimum Gasteiger partial charge on any atom is -0.352 e. The number of hydrogen-bond acceptors (Lipinski definition) is 4. The van der Waals surface area contributed by atoms with Gasteiger partial charge in [-0.15, -0.1) is 11.8 Å². The molecule has 1 aliphatic rings. The summed E-state index contributed by atoms with van der Waals surface area (Å²) in [7, 11) is 0. The van der Waals surface area contributed by atoms with Gasteiger partial charge in [0.1, 0.15) is 6.23 Å². The fraction of sp³-hybridized carbons (Fsp3) is 0.231. The van der Waals surface area contributed by atoms with E-state index in [4.69, 9.17) is 4.74 Å². The van der Waals surface area contributed by atoms with Gasteiger partial charge in [0, 0.05) is 16.8 Å². The molecule has 2 aromatic rings. The summed E-state index contributed by atoms with van der Waals surface area (Å²) in [6.45, 7) is 0.441. The first-order chi connectivity index (χ1) is 9.65. The highest BCUT2D eigenvalue weighted by atomic mass is 79.9. The van der Waals surface area contributed by atoms with Crippen LogP contribution in [-0.4, -0.2) is 15.3 Å². The molecule has 1 atom stereocenters. The van der Waals surface area contributed by atoms with Crippen molar-refractivity contribution in [2.45, 2.75) is 17.7 Å². The molecule has 20 heavy (non-hydrogen) atoms. The lowest BCUT2D eigenvalue weighted by molar-refractivity contribution is 0.00509. The van der Waals surface area contributed by atoms with E-state index in [9.17, 15) is 9.59 Å². The number of H-pyrrole nitrogens is 1. The third-order valence-corrected chi connectivity index (χ3v) is 4.75. The smallest absolute Gasteiger partial charge is 0.330 e. The molecule has 0 bridgehead atoms. The molecule has 1 unspecified atom stereocenters. The van der Waals surface area contributed by atoms with Crippen molar-refractivity contribution in [3.8, 4) is 0 Å². The van der Waals surface area contributed by atoms with Crippen LogP contribution < -0.4 is 11.2 Å². The molecule has 0 radical (unpaired) electrons. The highest BCUT2D eigenvalue weighted by Crippen LogP contribution is 2.31. The zero-order valence-electron chi connectivity index (χ0n) is 10.3. The van der Waals surface area contributed by atoms with Gasteiger partial charge >= 0.3 is 5.69 Å². The van der Waals surface area contributed by atoms with Crippen molar-refractivity contribution in [2.75, 3.05) is 5.75 Å². The van der Waals surface area contributed by atoms with Crippen molar-refractivity contribution in [1.82, 2.24) is 9.55 Å². The second-order valence-electron chi connectivity index (χ2n) is 4.33. The molecule has 7 heteroatoms. The van der Waals surface area contributed by atoms with Gasteiger partial charge in [-0.05, 0) is 27.6 Å². The Bertz CT molecular complexity index is 729. The molecule has 104 valence electrons. The third kappa shape index (κ3) is 2.61. The third-order valence-electron chi connectivity index (χ3n) is 3.02. The van der Waals surface area contributed by atoms with Gasteiger partial charge in [0.05, 0.1) is 11.1 Å². The lowest BCUT2D eigenvalue weighted by atomic mass is 10.2. The van der Waals surface area contributed by atoms with E-state index in [1.165, 1.54) is 10.8 Å². The minimum absolute atomic E-state index is 0.312. The van der Waals surface area contributed by atoms with Crippen molar-refractivity contribution in [2.24, 2.45) is 0 Å². The quantitative estimate of drug-likeness (QED) is 0.851. The number of hydrogen-bond donors (Lipinski definition) is 1. The van der Waals surface area contributed by atoms with E-state index in [1.54, 1.807) is 11.8 Å². The predicted molar refractivity (Wildman–Crippen MR) is 80.0 cm³/mol. The monoisotopic (exact) mass is 354 g/mol. The molecule has 1 aliphatic heterocycles. The summed E-state index contributed by atoms with van der Waals surface area (Å²) in [5.41, 5.74) is 0.210. The summed E-state index contributed by atoms with van der Waals surface area (Å²) >= 11 is 4.77. The van der Waals surface area contributed by atoms with Gasteiger partial charge in [-0.2, -0.15) is 0 Å². The van der Waals surface area contributed by atoms with Crippen LogP contribution in [0.1, 0.15) is 11.8 Å². The number of ether oxygens (including phenoxy) is 1. The van der Waals surface area contributed by atoms with Gasteiger partial charge in [-0.1, -0.05) is 18.2 Å². The molecule has 1 aromatic heterocycles. The number of rotatable bonds is 1. The first-order valence-corrected chi connectivity index (χ1v) is 7.76. The largest absolute Gasteiger partial charge is 0.352 e.